The van der Waals surface area contributed by atoms with E-state index in [1.807, 2.05) is 52.0 Å². The van der Waals surface area contributed by atoms with Gasteiger partial charge in [-0.15, -0.1) is 0 Å². The number of nitrogens with zero attached hydrogens (tertiary/aromatic N) is 3. The lowest BCUT2D eigenvalue weighted by Crippen LogP contribution is -2.50. The molecular formula is C23H31N3O3. The molecule has 2 atom stereocenters. The highest BCUT2D eigenvalue weighted by atomic mass is 16.2. The van der Waals surface area contributed by atoms with Crippen LogP contribution in [0.2, 0.25) is 0 Å². The first kappa shape index (κ1) is 21.1. The third kappa shape index (κ3) is 4.07. The van der Waals surface area contributed by atoms with Crippen LogP contribution in [0.4, 0.5) is 0 Å². The van der Waals surface area contributed by atoms with Crippen LogP contribution in [-0.4, -0.2) is 57.1 Å². The summed E-state index contributed by atoms with van der Waals surface area (Å²) in [5.74, 6) is -0.933. The van der Waals surface area contributed by atoms with Gasteiger partial charge in [-0.05, 0) is 53.0 Å². The van der Waals surface area contributed by atoms with Gasteiger partial charge in [0.2, 0.25) is 5.91 Å². The molecule has 0 unspecified atom stereocenters. The van der Waals surface area contributed by atoms with E-state index < -0.39 is 11.7 Å². The number of hydrogen-bond donors (Lipinski definition) is 0. The smallest absolute Gasteiger partial charge is 0.295 e. The predicted octanol–water partition coefficient (Wildman–Crippen LogP) is 3.48. The Morgan fingerprint density at radius 1 is 1.03 bits per heavy atom. The maximum absolute atomic E-state index is 13.2. The molecule has 0 radical (unpaired) electrons. The van der Waals surface area contributed by atoms with Crippen LogP contribution in [0.3, 0.4) is 0 Å². The molecule has 6 heteroatoms. The van der Waals surface area contributed by atoms with Gasteiger partial charge in [0.15, 0.2) is 0 Å². The average Bonchev–Trinajstić information content (AvgIpc) is 3.06. The van der Waals surface area contributed by atoms with E-state index in [1.54, 1.807) is 20.6 Å². The maximum Gasteiger partial charge on any atom is 0.295 e. The molecule has 2 heterocycles. The maximum atomic E-state index is 13.2. The standard InChI is InChI=1S/C23H31N3O3/c1-5-24(6-2)21(27)15-25-14-19(18-12-7-8-13-20(18)25)22(28)23(29)26-16(3)10-9-11-17(26)4/h7-8,12-14,16-17H,5-6,9-11,15H2,1-4H3/t16-,17-/m0/s1. The molecule has 0 aliphatic carbocycles. The Balaban J connectivity index is 1.94. The van der Waals surface area contributed by atoms with Crippen molar-refractivity contribution in [3.8, 4) is 0 Å². The molecule has 0 spiro atoms. The van der Waals surface area contributed by atoms with Crippen LogP contribution in [-0.2, 0) is 16.1 Å². The van der Waals surface area contributed by atoms with Gasteiger partial charge in [0.05, 0.1) is 5.56 Å². The van der Waals surface area contributed by atoms with Gasteiger partial charge < -0.3 is 14.4 Å². The molecule has 0 saturated carbocycles. The van der Waals surface area contributed by atoms with Crippen LogP contribution >= 0.6 is 0 Å². The van der Waals surface area contributed by atoms with Crippen LogP contribution in [0.25, 0.3) is 10.9 Å². The molecule has 156 valence electrons. The van der Waals surface area contributed by atoms with Gasteiger partial charge in [-0.25, -0.2) is 0 Å². The number of fused-ring (bicyclic) bond motifs is 1. The van der Waals surface area contributed by atoms with Gasteiger partial charge in [-0.1, -0.05) is 18.2 Å². The lowest BCUT2D eigenvalue weighted by atomic mass is 9.96. The van der Waals surface area contributed by atoms with Crippen molar-refractivity contribution >= 4 is 28.5 Å². The Kier molecular flexibility index (Phi) is 6.40. The molecular weight excluding hydrogens is 366 g/mol. The fourth-order valence-corrected chi connectivity index (χ4v) is 4.43. The number of ketones is 1. The Morgan fingerprint density at radius 3 is 2.28 bits per heavy atom. The molecule has 29 heavy (non-hydrogen) atoms. The first-order valence-electron chi connectivity index (χ1n) is 10.6. The molecule has 0 N–H and O–H groups in total. The van der Waals surface area contributed by atoms with Crippen molar-refractivity contribution in [1.29, 1.82) is 0 Å². The van der Waals surface area contributed by atoms with Gasteiger partial charge in [0.1, 0.15) is 6.54 Å². The molecule has 1 aromatic carbocycles. The van der Waals surface area contributed by atoms with Gasteiger partial charge in [0, 0.05) is 42.3 Å². The number of carbonyl (C=O) groups excluding carboxylic acids is 3. The summed E-state index contributed by atoms with van der Waals surface area (Å²) in [4.78, 5) is 42.4. The summed E-state index contributed by atoms with van der Waals surface area (Å²) in [5.41, 5.74) is 1.17. The van der Waals surface area contributed by atoms with Crippen molar-refractivity contribution in [2.45, 2.75) is 65.6 Å². The first-order chi connectivity index (χ1) is 13.9. The molecule has 1 saturated heterocycles. The molecule has 6 nitrogen and oxygen atoms in total. The van der Waals surface area contributed by atoms with Crippen LogP contribution in [0.1, 0.15) is 57.3 Å². The van der Waals surface area contributed by atoms with Crippen molar-refractivity contribution in [2.75, 3.05) is 13.1 Å². The molecule has 2 aromatic rings. The third-order valence-corrected chi connectivity index (χ3v) is 6.08. The second-order valence-corrected chi connectivity index (χ2v) is 7.92. The van der Waals surface area contributed by atoms with Crippen LogP contribution < -0.4 is 0 Å². The van der Waals surface area contributed by atoms with Gasteiger partial charge >= 0.3 is 0 Å². The molecule has 1 aliphatic heterocycles. The average molecular weight is 398 g/mol. The zero-order valence-electron chi connectivity index (χ0n) is 17.9. The summed E-state index contributed by atoms with van der Waals surface area (Å²) < 4.78 is 1.79. The number of likely N-dealkylation sites (N-methyl/N-ethyl adjacent to an activating group) is 1. The summed E-state index contributed by atoms with van der Waals surface area (Å²) in [5, 5.41) is 0.718. The van der Waals surface area contributed by atoms with Crippen molar-refractivity contribution < 1.29 is 14.4 Å². The van der Waals surface area contributed by atoms with Crippen molar-refractivity contribution in [3.63, 3.8) is 0 Å². The number of amides is 2. The minimum Gasteiger partial charge on any atom is -0.342 e. The number of carbonyl (C=O) groups is 3. The lowest BCUT2D eigenvalue weighted by molar-refractivity contribution is -0.132. The number of rotatable bonds is 6. The van der Waals surface area contributed by atoms with E-state index in [0.717, 1.165) is 30.2 Å². The minimum absolute atomic E-state index is 0.000599. The summed E-state index contributed by atoms with van der Waals surface area (Å²) in [7, 11) is 0. The Morgan fingerprint density at radius 2 is 1.66 bits per heavy atom. The Hall–Kier alpha value is -2.63. The highest BCUT2D eigenvalue weighted by molar-refractivity contribution is 6.45. The fourth-order valence-electron chi connectivity index (χ4n) is 4.43. The Labute approximate surface area is 172 Å². The van der Waals surface area contributed by atoms with Crippen molar-refractivity contribution in [2.24, 2.45) is 0 Å². The van der Waals surface area contributed by atoms with Gasteiger partial charge in [-0.2, -0.15) is 0 Å². The molecule has 1 aliphatic rings. The van der Waals surface area contributed by atoms with E-state index in [0.29, 0.717) is 18.7 Å². The number of para-hydroxylation sites is 1. The monoisotopic (exact) mass is 397 g/mol. The lowest BCUT2D eigenvalue weighted by Gasteiger charge is -2.38. The second kappa shape index (κ2) is 8.80. The predicted molar refractivity (Wildman–Crippen MR) is 114 cm³/mol. The number of aromatic nitrogens is 1. The van der Waals surface area contributed by atoms with Crippen molar-refractivity contribution in [1.82, 2.24) is 14.4 Å². The number of benzene rings is 1. The third-order valence-electron chi connectivity index (χ3n) is 6.08. The second-order valence-electron chi connectivity index (χ2n) is 7.92. The quantitative estimate of drug-likeness (QED) is 0.554. The first-order valence-corrected chi connectivity index (χ1v) is 10.6. The van der Waals surface area contributed by atoms with Gasteiger partial charge in [-0.3, -0.25) is 14.4 Å². The normalized spacial score (nSPS) is 19.4. The van der Waals surface area contributed by atoms with E-state index in [9.17, 15) is 14.4 Å². The fraction of sp³-hybridized carbons (Fsp3) is 0.522. The zero-order valence-corrected chi connectivity index (χ0v) is 17.9. The topological polar surface area (TPSA) is 62.6 Å². The minimum atomic E-state index is -0.490. The number of hydrogen-bond acceptors (Lipinski definition) is 3. The summed E-state index contributed by atoms with van der Waals surface area (Å²) in [6.45, 7) is 9.35. The van der Waals surface area contributed by atoms with Crippen LogP contribution in [0, 0.1) is 0 Å². The summed E-state index contributed by atoms with van der Waals surface area (Å²) >= 11 is 0. The highest BCUT2D eigenvalue weighted by Gasteiger charge is 2.34. The van der Waals surface area contributed by atoms with Crippen LogP contribution in [0.15, 0.2) is 30.5 Å². The van der Waals surface area contributed by atoms with E-state index >= 15 is 0 Å². The number of likely N-dealkylation sites (tertiary alicyclic amines) is 1. The summed E-state index contributed by atoms with van der Waals surface area (Å²) in [6, 6.07) is 7.59. The highest BCUT2D eigenvalue weighted by Crippen LogP contribution is 2.26. The van der Waals surface area contributed by atoms with Crippen molar-refractivity contribution in [3.05, 3.63) is 36.0 Å². The zero-order chi connectivity index (χ0) is 21.1. The Bertz CT molecular complexity index is 903. The van der Waals surface area contributed by atoms with E-state index in [-0.39, 0.29) is 24.5 Å². The molecule has 1 fully saturated rings. The van der Waals surface area contributed by atoms with E-state index in [4.69, 9.17) is 0 Å². The van der Waals surface area contributed by atoms with Crippen LogP contribution in [0.5, 0.6) is 0 Å². The van der Waals surface area contributed by atoms with E-state index in [2.05, 4.69) is 0 Å². The van der Waals surface area contributed by atoms with Gasteiger partial charge in [0.25, 0.3) is 11.7 Å². The molecule has 0 bridgehead atoms. The molecule has 2 amide bonds. The number of Topliss-reactive ketones (excluding diaryl/α,β-unsaturated/α-hetero) is 1. The summed E-state index contributed by atoms with van der Waals surface area (Å²) in [6.07, 6.45) is 4.59. The largest absolute Gasteiger partial charge is 0.342 e. The molecule has 3 rings (SSSR count). The van der Waals surface area contributed by atoms with E-state index in [1.165, 1.54) is 0 Å². The SMILES string of the molecule is CCN(CC)C(=O)Cn1cc(C(=O)C(=O)N2[C@@H](C)CCC[C@@H]2C)c2ccccc21. The molecule has 1 aromatic heterocycles. The number of piperidine rings is 1.